The number of nitrogens with one attached hydrogen (secondary N) is 2. The smallest absolute Gasteiger partial charge is 0.422 e. The summed E-state index contributed by atoms with van der Waals surface area (Å²) in [7, 11) is 1.68. The van der Waals surface area contributed by atoms with E-state index in [0.29, 0.717) is 19.0 Å². The molecule has 0 radical (unpaired) electrons. The van der Waals surface area contributed by atoms with Crippen molar-refractivity contribution in [3.8, 4) is 5.75 Å². The van der Waals surface area contributed by atoms with Crippen molar-refractivity contribution in [1.82, 2.24) is 20.2 Å². The molecule has 2 N–H and O–H groups in total. The molecule has 0 spiro atoms. The fourth-order valence-electron chi connectivity index (χ4n) is 3.07. The Bertz CT molecular complexity index is 1030. The molecule has 0 fully saturated rings. The third-order valence-electron chi connectivity index (χ3n) is 4.74. The minimum absolute atomic E-state index is 0.180. The first-order valence-electron chi connectivity index (χ1n) is 10.1. The van der Waals surface area contributed by atoms with Crippen LogP contribution in [0.15, 0.2) is 65.9 Å². The summed E-state index contributed by atoms with van der Waals surface area (Å²) in [5.41, 5.74) is 3.19. The van der Waals surface area contributed by atoms with Crippen molar-refractivity contribution in [2.45, 2.75) is 32.7 Å². The highest BCUT2D eigenvalue weighted by molar-refractivity contribution is 5.79. The normalized spacial score (nSPS) is 12.0. The Hall–Kier alpha value is -3.49. The number of aryl methyl sites for hydroxylation is 1. The number of hydrogen-bond acceptors (Lipinski definition) is 3. The van der Waals surface area contributed by atoms with Crippen LogP contribution < -0.4 is 15.4 Å². The maximum atomic E-state index is 12.2. The molecule has 0 aliphatic carbocycles. The molecule has 0 aliphatic rings. The van der Waals surface area contributed by atoms with E-state index in [9.17, 15) is 13.2 Å². The quantitative estimate of drug-likeness (QED) is 0.406. The number of hydrogen-bond donors (Lipinski definition) is 2. The third-order valence-corrected chi connectivity index (χ3v) is 4.74. The molecule has 0 saturated carbocycles. The van der Waals surface area contributed by atoms with Crippen molar-refractivity contribution in [2.75, 3.05) is 13.7 Å². The number of aliphatic imine (C=N–C) groups is 1. The number of guanidine groups is 1. The SMILES string of the molecule is CN=C(NCc1ccc(OCC(F)(F)F)cc1)NCc1cccc(Cn2ccnc2C)c1. The fraction of sp³-hybridized carbons (Fsp3) is 0.304. The summed E-state index contributed by atoms with van der Waals surface area (Å²) in [6.45, 7) is 2.50. The van der Waals surface area contributed by atoms with Crippen molar-refractivity contribution in [3.63, 3.8) is 0 Å². The van der Waals surface area contributed by atoms with Gasteiger partial charge in [0.15, 0.2) is 12.6 Å². The van der Waals surface area contributed by atoms with Gasteiger partial charge in [-0.1, -0.05) is 36.4 Å². The van der Waals surface area contributed by atoms with Crippen LogP contribution in [0, 0.1) is 6.92 Å². The fourth-order valence-corrected chi connectivity index (χ4v) is 3.07. The van der Waals surface area contributed by atoms with Crippen LogP contribution in [-0.2, 0) is 19.6 Å². The molecule has 3 aromatic rings. The number of benzene rings is 2. The molecule has 9 heteroatoms. The zero-order valence-corrected chi connectivity index (χ0v) is 18.0. The van der Waals surface area contributed by atoms with Gasteiger partial charge in [-0.05, 0) is 35.7 Å². The van der Waals surface area contributed by atoms with Gasteiger partial charge in [-0.2, -0.15) is 13.2 Å². The molecule has 0 amide bonds. The first-order chi connectivity index (χ1) is 15.3. The maximum Gasteiger partial charge on any atom is 0.422 e. The van der Waals surface area contributed by atoms with E-state index in [1.807, 2.05) is 25.3 Å². The van der Waals surface area contributed by atoms with Gasteiger partial charge < -0.3 is 19.9 Å². The molecular formula is C23H26F3N5O. The van der Waals surface area contributed by atoms with Crippen LogP contribution in [0.25, 0.3) is 0 Å². The Morgan fingerprint density at radius 1 is 1.03 bits per heavy atom. The molecule has 1 heterocycles. The predicted octanol–water partition coefficient (Wildman–Crippen LogP) is 4.05. The largest absolute Gasteiger partial charge is 0.484 e. The summed E-state index contributed by atoms with van der Waals surface area (Å²) < 4.78 is 43.5. The number of nitrogens with zero attached hydrogens (tertiary/aromatic N) is 3. The van der Waals surface area contributed by atoms with Crippen LogP contribution in [0.4, 0.5) is 13.2 Å². The van der Waals surface area contributed by atoms with E-state index in [2.05, 4.69) is 37.3 Å². The number of rotatable bonds is 8. The standard InChI is InChI=1S/C23H26F3N5O/c1-17-28-10-11-31(17)15-20-5-3-4-19(12-20)14-30-22(27-2)29-13-18-6-8-21(9-7-18)32-16-23(24,25)26/h3-12H,13-16H2,1-2H3,(H2,27,29,30). The molecule has 3 rings (SSSR count). The van der Waals surface area contributed by atoms with E-state index < -0.39 is 12.8 Å². The second-order valence-electron chi connectivity index (χ2n) is 7.25. The van der Waals surface area contributed by atoms with E-state index in [1.165, 1.54) is 17.7 Å². The summed E-state index contributed by atoms with van der Waals surface area (Å²) in [5.74, 6) is 1.77. The third kappa shape index (κ3) is 7.33. The molecule has 6 nitrogen and oxygen atoms in total. The van der Waals surface area contributed by atoms with Crippen LogP contribution in [0.1, 0.15) is 22.5 Å². The average molecular weight is 445 g/mol. The Balaban J connectivity index is 1.48. The highest BCUT2D eigenvalue weighted by Crippen LogP contribution is 2.18. The molecule has 170 valence electrons. The van der Waals surface area contributed by atoms with E-state index >= 15 is 0 Å². The Kier molecular flexibility index (Phi) is 7.75. The first kappa shape index (κ1) is 23.2. The van der Waals surface area contributed by atoms with Gasteiger partial charge in [0.05, 0.1) is 0 Å². The van der Waals surface area contributed by atoms with Crippen LogP contribution >= 0.6 is 0 Å². The summed E-state index contributed by atoms with van der Waals surface area (Å²) in [4.78, 5) is 8.47. The number of aromatic nitrogens is 2. The summed E-state index contributed by atoms with van der Waals surface area (Å²) in [5, 5.41) is 6.47. The van der Waals surface area contributed by atoms with E-state index in [-0.39, 0.29) is 5.75 Å². The van der Waals surface area contributed by atoms with Crippen LogP contribution in [0.5, 0.6) is 5.75 Å². The first-order valence-corrected chi connectivity index (χ1v) is 10.1. The summed E-state index contributed by atoms with van der Waals surface area (Å²) in [6.07, 6.45) is -0.600. The molecule has 32 heavy (non-hydrogen) atoms. The zero-order valence-electron chi connectivity index (χ0n) is 18.0. The van der Waals surface area contributed by atoms with Gasteiger partial charge in [0.25, 0.3) is 0 Å². The minimum atomic E-state index is -4.35. The molecular weight excluding hydrogens is 419 g/mol. The molecule has 0 aliphatic heterocycles. The maximum absolute atomic E-state index is 12.2. The lowest BCUT2D eigenvalue weighted by atomic mass is 10.1. The van der Waals surface area contributed by atoms with E-state index in [4.69, 9.17) is 4.74 Å². The van der Waals surface area contributed by atoms with Crippen LogP contribution in [-0.4, -0.2) is 35.3 Å². The number of imidazole rings is 1. The average Bonchev–Trinajstić information content (AvgIpc) is 3.17. The monoisotopic (exact) mass is 445 g/mol. The lowest BCUT2D eigenvalue weighted by molar-refractivity contribution is -0.153. The van der Waals surface area contributed by atoms with E-state index in [1.54, 1.807) is 25.4 Å². The van der Waals surface area contributed by atoms with Crippen molar-refractivity contribution in [2.24, 2.45) is 4.99 Å². The van der Waals surface area contributed by atoms with Gasteiger partial charge >= 0.3 is 6.18 Å². The van der Waals surface area contributed by atoms with Crippen molar-refractivity contribution in [1.29, 1.82) is 0 Å². The van der Waals surface area contributed by atoms with Crippen LogP contribution in [0.2, 0.25) is 0 Å². The second-order valence-corrected chi connectivity index (χ2v) is 7.25. The topological polar surface area (TPSA) is 63.5 Å². The van der Waals surface area contributed by atoms with Gasteiger partial charge in [-0.15, -0.1) is 0 Å². The van der Waals surface area contributed by atoms with E-state index in [0.717, 1.165) is 23.5 Å². The van der Waals surface area contributed by atoms with Gasteiger partial charge in [0, 0.05) is 39.1 Å². The summed E-state index contributed by atoms with van der Waals surface area (Å²) >= 11 is 0. The Morgan fingerprint density at radius 3 is 2.34 bits per heavy atom. The second kappa shape index (κ2) is 10.7. The molecule has 0 bridgehead atoms. The van der Waals surface area contributed by atoms with Gasteiger partial charge in [-0.25, -0.2) is 4.98 Å². The van der Waals surface area contributed by atoms with Crippen LogP contribution in [0.3, 0.4) is 0 Å². The predicted molar refractivity (Wildman–Crippen MR) is 118 cm³/mol. The molecule has 1 aromatic heterocycles. The lowest BCUT2D eigenvalue weighted by Crippen LogP contribution is -2.36. The van der Waals surface area contributed by atoms with Gasteiger partial charge in [-0.3, -0.25) is 4.99 Å². The number of alkyl halides is 3. The summed E-state index contributed by atoms with van der Waals surface area (Å²) in [6, 6.07) is 14.8. The van der Waals surface area contributed by atoms with Crippen molar-refractivity contribution >= 4 is 5.96 Å². The van der Waals surface area contributed by atoms with Crippen molar-refractivity contribution in [3.05, 3.63) is 83.4 Å². The van der Waals surface area contributed by atoms with Gasteiger partial charge in [0.1, 0.15) is 11.6 Å². The number of halogens is 3. The highest BCUT2D eigenvalue weighted by atomic mass is 19.4. The minimum Gasteiger partial charge on any atom is -0.484 e. The lowest BCUT2D eigenvalue weighted by Gasteiger charge is -2.13. The zero-order chi connectivity index (χ0) is 23.0. The van der Waals surface area contributed by atoms with Crippen molar-refractivity contribution < 1.29 is 17.9 Å². The Labute approximate surface area is 185 Å². The molecule has 0 saturated heterocycles. The number of ether oxygens (including phenoxy) is 1. The Morgan fingerprint density at radius 2 is 1.72 bits per heavy atom. The molecule has 0 unspecified atom stereocenters. The van der Waals surface area contributed by atoms with Gasteiger partial charge in [0.2, 0.25) is 0 Å². The molecule has 2 aromatic carbocycles. The molecule has 0 atom stereocenters. The highest BCUT2D eigenvalue weighted by Gasteiger charge is 2.28.